The molecule has 0 saturated heterocycles. The molecule has 0 unspecified atom stereocenters. The first kappa shape index (κ1) is 12.9. The summed E-state index contributed by atoms with van der Waals surface area (Å²) in [4.78, 5) is 0. The van der Waals surface area contributed by atoms with E-state index in [0.29, 0.717) is 5.41 Å². The summed E-state index contributed by atoms with van der Waals surface area (Å²) in [5.41, 5.74) is 3.68. The van der Waals surface area contributed by atoms with Crippen LogP contribution >= 0.6 is 0 Å². The Hall–Kier alpha value is -0.520. The number of allylic oxidation sites excluding steroid dienone is 4. The fourth-order valence-electron chi connectivity index (χ4n) is 3.57. The molecule has 0 aromatic rings. The first-order valence-corrected chi connectivity index (χ1v) is 7.48. The van der Waals surface area contributed by atoms with Gasteiger partial charge in [0, 0.05) is 0 Å². The third-order valence-electron chi connectivity index (χ3n) is 4.73. The first-order chi connectivity index (χ1) is 8.09. The lowest BCUT2D eigenvalue weighted by Crippen LogP contribution is -2.19. The summed E-state index contributed by atoms with van der Waals surface area (Å²) >= 11 is 0. The predicted molar refractivity (Wildman–Crippen MR) is 76.0 cm³/mol. The minimum atomic E-state index is 0.410. The molecule has 0 spiro atoms. The second-order valence-electron chi connectivity index (χ2n) is 6.69. The molecule has 0 nitrogen and oxygen atoms in total. The first-order valence-electron chi connectivity index (χ1n) is 7.48. The van der Waals surface area contributed by atoms with E-state index in [4.69, 9.17) is 0 Å². The van der Waals surface area contributed by atoms with Gasteiger partial charge < -0.3 is 0 Å². The van der Waals surface area contributed by atoms with Crippen molar-refractivity contribution in [2.45, 2.75) is 72.1 Å². The number of rotatable bonds is 2. The lowest BCUT2D eigenvalue weighted by atomic mass is 9.72. The van der Waals surface area contributed by atoms with Crippen molar-refractivity contribution in [1.29, 1.82) is 0 Å². The zero-order valence-corrected chi connectivity index (χ0v) is 11.9. The van der Waals surface area contributed by atoms with Crippen LogP contribution in [0.25, 0.3) is 0 Å². The molecule has 2 aliphatic carbocycles. The molecule has 0 aromatic heterocycles. The highest BCUT2D eigenvalue weighted by molar-refractivity contribution is 5.32. The average molecular weight is 232 g/mol. The van der Waals surface area contributed by atoms with Crippen molar-refractivity contribution in [2.24, 2.45) is 11.3 Å². The average Bonchev–Trinajstić information content (AvgIpc) is 2.29. The van der Waals surface area contributed by atoms with Gasteiger partial charge in [-0.25, -0.2) is 0 Å². The van der Waals surface area contributed by atoms with Crippen molar-refractivity contribution < 1.29 is 0 Å². The summed E-state index contributed by atoms with van der Waals surface area (Å²) < 4.78 is 0. The second-order valence-corrected chi connectivity index (χ2v) is 6.69. The maximum atomic E-state index is 2.52. The molecule has 0 aromatic carbocycles. The fraction of sp³-hybridized carbons (Fsp3) is 0.765. The van der Waals surface area contributed by atoms with Gasteiger partial charge in [-0.1, -0.05) is 50.8 Å². The summed E-state index contributed by atoms with van der Waals surface area (Å²) in [5.74, 6) is 0.863. The maximum absolute atomic E-state index is 2.52. The summed E-state index contributed by atoms with van der Waals surface area (Å²) in [6.45, 7) is 7.16. The van der Waals surface area contributed by atoms with Gasteiger partial charge in [0.25, 0.3) is 0 Å². The maximum Gasteiger partial charge on any atom is -0.0104 e. The molecular formula is C17H28. The van der Waals surface area contributed by atoms with Gasteiger partial charge in [-0.05, 0) is 55.9 Å². The summed E-state index contributed by atoms with van der Waals surface area (Å²) in [7, 11) is 0. The van der Waals surface area contributed by atoms with Gasteiger partial charge >= 0.3 is 0 Å². The Kier molecular flexibility index (Phi) is 4.12. The third kappa shape index (κ3) is 3.24. The highest BCUT2D eigenvalue weighted by Crippen LogP contribution is 2.41. The van der Waals surface area contributed by atoms with Crippen LogP contribution in [-0.2, 0) is 0 Å². The van der Waals surface area contributed by atoms with E-state index >= 15 is 0 Å². The Balaban J connectivity index is 2.07. The molecule has 0 bridgehead atoms. The Morgan fingerprint density at radius 1 is 1.06 bits per heavy atom. The quantitative estimate of drug-likeness (QED) is 0.577. The third-order valence-corrected chi connectivity index (χ3v) is 4.73. The molecular weight excluding hydrogens is 204 g/mol. The van der Waals surface area contributed by atoms with Crippen molar-refractivity contribution in [3.8, 4) is 0 Å². The van der Waals surface area contributed by atoms with E-state index in [9.17, 15) is 0 Å². The van der Waals surface area contributed by atoms with Crippen LogP contribution in [0.4, 0.5) is 0 Å². The van der Waals surface area contributed by atoms with E-state index in [0.717, 1.165) is 5.92 Å². The minimum Gasteiger partial charge on any atom is -0.0811 e. The molecule has 0 atom stereocenters. The van der Waals surface area contributed by atoms with Crippen LogP contribution in [0, 0.1) is 11.3 Å². The van der Waals surface area contributed by atoms with E-state index in [-0.39, 0.29) is 0 Å². The molecule has 0 heterocycles. The molecule has 2 aliphatic rings. The van der Waals surface area contributed by atoms with Crippen LogP contribution in [0.2, 0.25) is 0 Å². The normalized spacial score (nSPS) is 26.8. The Bertz CT molecular complexity index is 311. The predicted octanol–water partition coefficient (Wildman–Crippen LogP) is 5.65. The topological polar surface area (TPSA) is 0 Å². The van der Waals surface area contributed by atoms with Crippen molar-refractivity contribution in [1.82, 2.24) is 0 Å². The van der Waals surface area contributed by atoms with Crippen LogP contribution in [-0.4, -0.2) is 0 Å². The molecule has 96 valence electrons. The summed E-state index contributed by atoms with van der Waals surface area (Å²) in [6, 6.07) is 0. The molecule has 1 saturated carbocycles. The second kappa shape index (κ2) is 5.42. The molecule has 0 radical (unpaired) electrons. The summed E-state index contributed by atoms with van der Waals surface area (Å²) in [5, 5.41) is 0. The zero-order chi connectivity index (χ0) is 12.3. The molecule has 1 fully saturated rings. The van der Waals surface area contributed by atoms with E-state index in [1.807, 2.05) is 0 Å². The van der Waals surface area contributed by atoms with E-state index < -0.39 is 0 Å². The molecule has 0 N–H and O–H groups in total. The van der Waals surface area contributed by atoms with Gasteiger partial charge in [-0.3, -0.25) is 0 Å². The fourth-order valence-corrected chi connectivity index (χ4v) is 3.57. The van der Waals surface area contributed by atoms with Crippen LogP contribution in [0.15, 0.2) is 23.3 Å². The molecule has 0 heteroatoms. The molecule has 0 amide bonds. The SMILES string of the molecule is CC1=C(C=CC2CCCCC2)C(C)(C)CCC1. The lowest BCUT2D eigenvalue weighted by Gasteiger charge is -2.33. The van der Waals surface area contributed by atoms with Crippen molar-refractivity contribution in [2.75, 3.05) is 0 Å². The van der Waals surface area contributed by atoms with Crippen molar-refractivity contribution >= 4 is 0 Å². The minimum absolute atomic E-state index is 0.410. The van der Waals surface area contributed by atoms with Crippen LogP contribution in [0.1, 0.15) is 72.1 Å². The Morgan fingerprint density at radius 2 is 1.76 bits per heavy atom. The monoisotopic (exact) mass is 232 g/mol. The number of hydrogen-bond acceptors (Lipinski definition) is 0. The van der Waals surface area contributed by atoms with E-state index in [1.165, 1.54) is 51.4 Å². The molecule has 0 aliphatic heterocycles. The van der Waals surface area contributed by atoms with Crippen LogP contribution in [0.3, 0.4) is 0 Å². The van der Waals surface area contributed by atoms with Crippen LogP contribution < -0.4 is 0 Å². The van der Waals surface area contributed by atoms with Crippen molar-refractivity contribution in [3.05, 3.63) is 23.3 Å². The van der Waals surface area contributed by atoms with E-state index in [2.05, 4.69) is 32.9 Å². The molecule has 17 heavy (non-hydrogen) atoms. The van der Waals surface area contributed by atoms with Gasteiger partial charge in [0.1, 0.15) is 0 Å². The highest BCUT2D eigenvalue weighted by atomic mass is 14.3. The zero-order valence-electron chi connectivity index (χ0n) is 11.9. The van der Waals surface area contributed by atoms with Gasteiger partial charge in [0.05, 0.1) is 0 Å². The van der Waals surface area contributed by atoms with Gasteiger partial charge in [-0.15, -0.1) is 0 Å². The van der Waals surface area contributed by atoms with Gasteiger partial charge in [0.2, 0.25) is 0 Å². The lowest BCUT2D eigenvalue weighted by molar-refractivity contribution is 0.374. The van der Waals surface area contributed by atoms with Gasteiger partial charge in [0.15, 0.2) is 0 Å². The Labute approximate surface area is 107 Å². The highest BCUT2D eigenvalue weighted by Gasteiger charge is 2.26. The van der Waals surface area contributed by atoms with Gasteiger partial charge in [-0.2, -0.15) is 0 Å². The standard InChI is InChI=1S/C17H28/c1-14-8-7-13-17(2,3)16(14)12-11-15-9-5-4-6-10-15/h11-12,15H,4-10,13H2,1-3H3. The van der Waals surface area contributed by atoms with E-state index in [1.54, 1.807) is 11.1 Å². The molecule has 2 rings (SSSR count). The van der Waals surface area contributed by atoms with Crippen molar-refractivity contribution in [3.63, 3.8) is 0 Å². The number of hydrogen-bond donors (Lipinski definition) is 0. The smallest absolute Gasteiger partial charge is 0.0104 e. The summed E-state index contributed by atoms with van der Waals surface area (Å²) in [6.07, 6.45) is 16.2. The Morgan fingerprint density at radius 3 is 2.41 bits per heavy atom. The largest absolute Gasteiger partial charge is 0.0811 e. The van der Waals surface area contributed by atoms with Crippen LogP contribution in [0.5, 0.6) is 0 Å².